The number of fused-ring (bicyclic) bond motifs is 1. The van der Waals surface area contributed by atoms with E-state index in [4.69, 9.17) is 11.6 Å². The SMILES string of the molecule is Cc1ccc(-n2c(S[C@@H](C)C(=O)Nc3cc([N+](=O)[O-])ccc3Cl)nc3ccccc3c2=O)cc1. The number of rotatable bonds is 6. The van der Waals surface area contributed by atoms with Crippen LogP contribution >= 0.6 is 23.4 Å². The molecule has 34 heavy (non-hydrogen) atoms. The van der Waals surface area contributed by atoms with Gasteiger partial charge in [0.25, 0.3) is 11.2 Å². The van der Waals surface area contributed by atoms with Crippen LogP contribution in [0, 0.1) is 17.0 Å². The van der Waals surface area contributed by atoms with Gasteiger partial charge in [0.2, 0.25) is 5.91 Å². The number of nitro groups is 1. The first-order chi connectivity index (χ1) is 16.2. The van der Waals surface area contributed by atoms with Gasteiger partial charge in [-0.3, -0.25) is 24.3 Å². The first-order valence-electron chi connectivity index (χ1n) is 10.2. The number of thioether (sulfide) groups is 1. The molecule has 4 aromatic rings. The smallest absolute Gasteiger partial charge is 0.271 e. The zero-order valence-corrected chi connectivity index (χ0v) is 19.8. The summed E-state index contributed by atoms with van der Waals surface area (Å²) in [4.78, 5) is 41.4. The second-order valence-corrected chi connectivity index (χ2v) is 9.27. The van der Waals surface area contributed by atoms with E-state index in [9.17, 15) is 19.7 Å². The van der Waals surface area contributed by atoms with Gasteiger partial charge in [0, 0.05) is 12.1 Å². The highest BCUT2D eigenvalue weighted by atomic mass is 35.5. The van der Waals surface area contributed by atoms with Crippen molar-refractivity contribution in [1.29, 1.82) is 0 Å². The fourth-order valence-electron chi connectivity index (χ4n) is 3.28. The van der Waals surface area contributed by atoms with Crippen LogP contribution in [0.1, 0.15) is 12.5 Å². The molecule has 0 aliphatic heterocycles. The van der Waals surface area contributed by atoms with Crippen LogP contribution in [0.4, 0.5) is 11.4 Å². The average Bonchev–Trinajstić information content (AvgIpc) is 2.81. The molecule has 0 saturated carbocycles. The maximum atomic E-state index is 13.4. The number of halogens is 1. The van der Waals surface area contributed by atoms with Gasteiger partial charge in [-0.2, -0.15) is 0 Å². The van der Waals surface area contributed by atoms with Gasteiger partial charge in [-0.1, -0.05) is 53.2 Å². The molecule has 0 aliphatic carbocycles. The van der Waals surface area contributed by atoms with Crippen LogP contribution in [0.3, 0.4) is 0 Å². The number of carbonyl (C=O) groups excluding carboxylic acids is 1. The molecule has 4 rings (SSSR count). The Morgan fingerprint density at radius 3 is 2.56 bits per heavy atom. The Morgan fingerprint density at radius 1 is 1.15 bits per heavy atom. The van der Waals surface area contributed by atoms with Crippen LogP contribution < -0.4 is 10.9 Å². The Balaban J connectivity index is 1.70. The normalized spacial score (nSPS) is 11.9. The number of aryl methyl sites for hydroxylation is 1. The molecule has 1 aromatic heterocycles. The van der Waals surface area contributed by atoms with Crippen LogP contribution in [-0.2, 0) is 4.79 Å². The topological polar surface area (TPSA) is 107 Å². The number of non-ortho nitro benzene ring substituents is 1. The zero-order chi connectivity index (χ0) is 24.4. The van der Waals surface area contributed by atoms with Gasteiger partial charge in [0.15, 0.2) is 5.16 Å². The molecule has 0 saturated heterocycles. The standard InChI is InChI=1S/C24H19ClN4O4S/c1-14-7-9-16(10-8-14)28-23(31)18-5-3-4-6-20(18)27-24(28)34-15(2)22(30)26-21-13-17(29(32)33)11-12-19(21)25/h3-13,15H,1-2H3,(H,26,30)/t15-/m0/s1. The van der Waals surface area contributed by atoms with Crippen molar-refractivity contribution < 1.29 is 9.72 Å². The summed E-state index contributed by atoms with van der Waals surface area (Å²) in [6.07, 6.45) is 0. The Bertz CT molecular complexity index is 1470. The number of aromatic nitrogens is 2. The minimum absolute atomic E-state index is 0.135. The van der Waals surface area contributed by atoms with Crippen molar-refractivity contribution in [1.82, 2.24) is 9.55 Å². The summed E-state index contributed by atoms with van der Waals surface area (Å²) in [5.41, 5.74) is 1.89. The van der Waals surface area contributed by atoms with Gasteiger partial charge in [-0.15, -0.1) is 0 Å². The molecule has 0 spiro atoms. The van der Waals surface area contributed by atoms with E-state index in [1.165, 1.54) is 22.8 Å². The van der Waals surface area contributed by atoms with Crippen LogP contribution in [0.15, 0.2) is 76.7 Å². The molecule has 1 amide bonds. The first kappa shape index (κ1) is 23.5. The van der Waals surface area contributed by atoms with E-state index in [2.05, 4.69) is 10.3 Å². The number of hydrogen-bond acceptors (Lipinski definition) is 6. The van der Waals surface area contributed by atoms with Crippen LogP contribution in [-0.4, -0.2) is 25.6 Å². The van der Waals surface area contributed by atoms with E-state index in [1.54, 1.807) is 31.2 Å². The number of hydrogen-bond donors (Lipinski definition) is 1. The number of nitrogens with zero attached hydrogens (tertiary/aromatic N) is 3. The summed E-state index contributed by atoms with van der Waals surface area (Å²) in [6.45, 7) is 3.61. The third-order valence-corrected chi connectivity index (χ3v) is 6.49. The summed E-state index contributed by atoms with van der Waals surface area (Å²) < 4.78 is 1.48. The highest BCUT2D eigenvalue weighted by molar-refractivity contribution is 8.00. The molecule has 3 aromatic carbocycles. The molecular formula is C24H19ClN4O4S. The number of carbonyl (C=O) groups is 1. The lowest BCUT2D eigenvalue weighted by molar-refractivity contribution is -0.384. The molecule has 0 radical (unpaired) electrons. The van der Waals surface area contributed by atoms with Crippen molar-refractivity contribution in [3.8, 4) is 5.69 Å². The third kappa shape index (κ3) is 4.80. The number of nitro benzene ring substituents is 1. The molecule has 172 valence electrons. The molecule has 10 heteroatoms. The molecule has 0 bridgehead atoms. The summed E-state index contributed by atoms with van der Waals surface area (Å²) in [7, 11) is 0. The van der Waals surface area contributed by atoms with Gasteiger partial charge in [-0.05, 0) is 44.2 Å². The molecule has 1 heterocycles. The molecule has 0 aliphatic rings. The van der Waals surface area contributed by atoms with Gasteiger partial charge in [0.1, 0.15) is 0 Å². The fraction of sp³-hybridized carbons (Fsp3) is 0.125. The molecule has 1 atom stereocenters. The van der Waals surface area contributed by atoms with E-state index >= 15 is 0 Å². The molecular weight excluding hydrogens is 476 g/mol. The lowest BCUT2D eigenvalue weighted by Gasteiger charge is -2.17. The third-order valence-electron chi connectivity index (χ3n) is 5.11. The van der Waals surface area contributed by atoms with Crippen molar-refractivity contribution in [3.63, 3.8) is 0 Å². The van der Waals surface area contributed by atoms with Crippen molar-refractivity contribution in [2.24, 2.45) is 0 Å². The minimum atomic E-state index is -0.694. The van der Waals surface area contributed by atoms with Gasteiger partial charge >= 0.3 is 0 Å². The largest absolute Gasteiger partial charge is 0.324 e. The molecule has 8 nitrogen and oxygen atoms in total. The summed E-state index contributed by atoms with van der Waals surface area (Å²) in [5, 5.41) is 14.0. The Labute approximate surface area is 203 Å². The van der Waals surface area contributed by atoms with E-state index < -0.39 is 16.1 Å². The van der Waals surface area contributed by atoms with Crippen LogP contribution in [0.2, 0.25) is 5.02 Å². The maximum Gasteiger partial charge on any atom is 0.271 e. The lowest BCUT2D eigenvalue weighted by atomic mass is 10.2. The average molecular weight is 495 g/mol. The predicted octanol–water partition coefficient (Wildman–Crippen LogP) is 5.38. The summed E-state index contributed by atoms with van der Waals surface area (Å²) >= 11 is 7.22. The summed E-state index contributed by atoms with van der Waals surface area (Å²) in [5.74, 6) is -0.440. The highest BCUT2D eigenvalue weighted by Crippen LogP contribution is 2.29. The number of anilines is 1. The van der Waals surface area contributed by atoms with E-state index in [-0.39, 0.29) is 22.0 Å². The maximum absolute atomic E-state index is 13.4. The summed E-state index contributed by atoms with van der Waals surface area (Å²) in [6, 6.07) is 18.3. The van der Waals surface area contributed by atoms with Gasteiger partial charge in [0.05, 0.1) is 37.5 Å². The first-order valence-corrected chi connectivity index (χ1v) is 11.5. The predicted molar refractivity (Wildman–Crippen MR) is 134 cm³/mol. The van der Waals surface area contributed by atoms with Gasteiger partial charge < -0.3 is 5.32 Å². The number of para-hydroxylation sites is 1. The van der Waals surface area contributed by atoms with E-state index in [0.717, 1.165) is 17.3 Å². The van der Waals surface area contributed by atoms with Gasteiger partial charge in [-0.25, -0.2) is 4.98 Å². The van der Waals surface area contributed by atoms with Crippen molar-refractivity contribution in [2.75, 3.05) is 5.32 Å². The second-order valence-electron chi connectivity index (χ2n) is 7.56. The lowest BCUT2D eigenvalue weighted by Crippen LogP contribution is -2.26. The van der Waals surface area contributed by atoms with Crippen molar-refractivity contribution >= 4 is 51.5 Å². The minimum Gasteiger partial charge on any atom is -0.324 e. The Morgan fingerprint density at radius 2 is 1.85 bits per heavy atom. The zero-order valence-electron chi connectivity index (χ0n) is 18.2. The Hall–Kier alpha value is -3.69. The van der Waals surface area contributed by atoms with Crippen molar-refractivity contribution in [2.45, 2.75) is 24.3 Å². The quantitative estimate of drug-likeness (QED) is 0.167. The molecule has 1 N–H and O–H groups in total. The van der Waals surface area contributed by atoms with Crippen LogP contribution in [0.25, 0.3) is 16.6 Å². The fourth-order valence-corrected chi connectivity index (χ4v) is 4.37. The monoisotopic (exact) mass is 494 g/mol. The van der Waals surface area contributed by atoms with E-state index in [0.29, 0.717) is 21.7 Å². The number of benzene rings is 3. The second kappa shape index (κ2) is 9.66. The molecule has 0 fully saturated rings. The number of amides is 1. The van der Waals surface area contributed by atoms with E-state index in [1.807, 2.05) is 31.2 Å². The van der Waals surface area contributed by atoms with Crippen LogP contribution in [0.5, 0.6) is 0 Å². The Kier molecular flexibility index (Phi) is 6.67. The van der Waals surface area contributed by atoms with Crippen molar-refractivity contribution in [3.05, 3.63) is 97.8 Å². The highest BCUT2D eigenvalue weighted by Gasteiger charge is 2.22. The number of nitrogens with one attached hydrogen (secondary N) is 1. The molecule has 0 unspecified atom stereocenters.